The first kappa shape index (κ1) is 8.74. The van der Waals surface area contributed by atoms with E-state index in [1.165, 1.54) is 6.07 Å². The first-order valence-corrected chi connectivity index (χ1v) is 4.16. The average Bonchev–Trinajstić information content (AvgIpc) is 2.57. The molecule has 2 N–H and O–H groups in total. The zero-order valence-electron chi connectivity index (χ0n) is 7.62. The molecule has 0 aliphatic rings. The van der Waals surface area contributed by atoms with Crippen molar-refractivity contribution in [2.45, 2.75) is 6.92 Å². The van der Waals surface area contributed by atoms with Crippen LogP contribution in [0.15, 0.2) is 28.8 Å². The molecule has 0 amide bonds. The highest BCUT2D eigenvalue weighted by atomic mass is 19.1. The number of hydrogen-bond donors (Lipinski definition) is 1. The third-order valence-corrected chi connectivity index (χ3v) is 2.06. The summed E-state index contributed by atoms with van der Waals surface area (Å²) in [5.41, 5.74) is 6.61. The van der Waals surface area contributed by atoms with Crippen molar-refractivity contribution in [3.8, 4) is 11.3 Å². The maximum absolute atomic E-state index is 13.2. The van der Waals surface area contributed by atoms with Crippen molar-refractivity contribution in [3.63, 3.8) is 0 Å². The van der Waals surface area contributed by atoms with Crippen LogP contribution in [0.3, 0.4) is 0 Å². The topological polar surface area (TPSA) is 52.0 Å². The van der Waals surface area contributed by atoms with Crippen LogP contribution in [0.25, 0.3) is 11.3 Å². The minimum atomic E-state index is -0.266. The van der Waals surface area contributed by atoms with E-state index in [4.69, 9.17) is 10.3 Å². The summed E-state index contributed by atoms with van der Waals surface area (Å²) in [7, 11) is 0. The van der Waals surface area contributed by atoms with Gasteiger partial charge in [-0.25, -0.2) is 4.39 Å². The Morgan fingerprint density at radius 3 is 2.86 bits per heavy atom. The molecule has 14 heavy (non-hydrogen) atoms. The molecule has 0 radical (unpaired) electrons. The summed E-state index contributed by atoms with van der Waals surface area (Å²) in [6.07, 6.45) is 0. The average molecular weight is 192 g/mol. The van der Waals surface area contributed by atoms with Gasteiger partial charge in [0, 0.05) is 11.6 Å². The van der Waals surface area contributed by atoms with E-state index in [1.807, 2.05) is 0 Å². The number of nitrogens with two attached hydrogens (primary N) is 1. The molecule has 0 aliphatic heterocycles. The number of anilines is 1. The summed E-state index contributed by atoms with van der Waals surface area (Å²) in [6.45, 7) is 1.68. The minimum absolute atomic E-state index is 0.266. The number of benzene rings is 1. The predicted octanol–water partition coefficient (Wildman–Crippen LogP) is 2.37. The summed E-state index contributed by atoms with van der Waals surface area (Å²) < 4.78 is 18.1. The molecule has 1 aromatic heterocycles. The van der Waals surface area contributed by atoms with Crippen molar-refractivity contribution in [2.24, 2.45) is 0 Å². The molecular weight excluding hydrogens is 183 g/mol. The number of halogens is 1. The van der Waals surface area contributed by atoms with Gasteiger partial charge in [0.1, 0.15) is 5.82 Å². The summed E-state index contributed by atoms with van der Waals surface area (Å²) in [5, 5.41) is 3.54. The molecule has 4 heteroatoms. The third kappa shape index (κ3) is 1.35. The number of hydrogen-bond acceptors (Lipinski definition) is 3. The summed E-state index contributed by atoms with van der Waals surface area (Å²) in [5.74, 6) is 0.514. The van der Waals surface area contributed by atoms with E-state index in [9.17, 15) is 4.39 Å². The molecule has 0 aliphatic carbocycles. The van der Waals surface area contributed by atoms with Crippen molar-refractivity contribution >= 4 is 5.82 Å². The second-order valence-corrected chi connectivity index (χ2v) is 3.03. The summed E-state index contributed by atoms with van der Waals surface area (Å²) in [4.78, 5) is 0. The Hall–Kier alpha value is -1.84. The van der Waals surface area contributed by atoms with Gasteiger partial charge in [0.2, 0.25) is 0 Å². The van der Waals surface area contributed by atoms with Gasteiger partial charge >= 0.3 is 0 Å². The van der Waals surface area contributed by atoms with Gasteiger partial charge < -0.3 is 10.3 Å². The molecule has 0 unspecified atom stereocenters. The zero-order valence-corrected chi connectivity index (χ0v) is 7.62. The second-order valence-electron chi connectivity index (χ2n) is 3.03. The van der Waals surface area contributed by atoms with Gasteiger partial charge in [-0.3, -0.25) is 0 Å². The molecular formula is C10H9FN2O. The van der Waals surface area contributed by atoms with Gasteiger partial charge in [-0.05, 0) is 18.6 Å². The maximum Gasteiger partial charge on any atom is 0.169 e. The first-order valence-electron chi connectivity index (χ1n) is 4.16. The molecule has 2 aromatic rings. The highest BCUT2D eigenvalue weighted by Crippen LogP contribution is 2.25. The SMILES string of the molecule is Cc1c(F)cccc1-c1cc(N)no1. The lowest BCUT2D eigenvalue weighted by Crippen LogP contribution is -1.86. The Balaban J connectivity index is 2.57. The Labute approximate surface area is 80.3 Å². The molecule has 72 valence electrons. The van der Waals surface area contributed by atoms with Crippen LogP contribution in [-0.2, 0) is 0 Å². The van der Waals surface area contributed by atoms with Gasteiger partial charge in [0.15, 0.2) is 11.6 Å². The number of nitrogen functional groups attached to an aromatic ring is 1. The van der Waals surface area contributed by atoms with Crippen LogP contribution < -0.4 is 5.73 Å². The lowest BCUT2D eigenvalue weighted by molar-refractivity contribution is 0.435. The first-order chi connectivity index (χ1) is 6.68. The van der Waals surface area contributed by atoms with Crippen molar-refractivity contribution in [3.05, 3.63) is 35.6 Å². The van der Waals surface area contributed by atoms with E-state index in [0.29, 0.717) is 22.7 Å². The fraction of sp³-hybridized carbons (Fsp3) is 0.100. The van der Waals surface area contributed by atoms with Gasteiger partial charge in [-0.15, -0.1) is 0 Å². The van der Waals surface area contributed by atoms with E-state index in [2.05, 4.69) is 5.16 Å². The standard InChI is InChI=1S/C10H9FN2O/c1-6-7(3-2-4-8(6)11)9-5-10(12)13-14-9/h2-5H,1H3,(H2,12,13). The van der Waals surface area contributed by atoms with E-state index < -0.39 is 0 Å². The van der Waals surface area contributed by atoms with Gasteiger partial charge in [0.05, 0.1) is 0 Å². The monoisotopic (exact) mass is 192 g/mol. The molecule has 1 heterocycles. The van der Waals surface area contributed by atoms with Crippen molar-refractivity contribution in [1.29, 1.82) is 0 Å². The third-order valence-electron chi connectivity index (χ3n) is 2.06. The molecule has 3 nitrogen and oxygen atoms in total. The summed E-state index contributed by atoms with van der Waals surface area (Å²) >= 11 is 0. The smallest absolute Gasteiger partial charge is 0.169 e. The second kappa shape index (κ2) is 3.14. The summed E-state index contributed by atoms with van der Waals surface area (Å²) in [6, 6.07) is 6.36. The van der Waals surface area contributed by atoms with E-state index in [0.717, 1.165) is 0 Å². The van der Waals surface area contributed by atoms with E-state index in [-0.39, 0.29) is 5.82 Å². The van der Waals surface area contributed by atoms with E-state index >= 15 is 0 Å². The number of rotatable bonds is 1. The van der Waals surface area contributed by atoms with Crippen LogP contribution >= 0.6 is 0 Å². The lowest BCUT2D eigenvalue weighted by Gasteiger charge is -2.01. The molecule has 0 spiro atoms. The quantitative estimate of drug-likeness (QED) is 0.754. The Morgan fingerprint density at radius 2 is 2.21 bits per heavy atom. The highest BCUT2D eigenvalue weighted by molar-refractivity contribution is 5.63. The van der Waals surface area contributed by atoms with Crippen LogP contribution in [-0.4, -0.2) is 5.16 Å². The van der Waals surface area contributed by atoms with Gasteiger partial charge in [0.25, 0.3) is 0 Å². The maximum atomic E-state index is 13.2. The van der Waals surface area contributed by atoms with Crippen molar-refractivity contribution < 1.29 is 8.91 Å². The van der Waals surface area contributed by atoms with Crippen molar-refractivity contribution in [2.75, 3.05) is 5.73 Å². The number of aromatic nitrogens is 1. The molecule has 1 aromatic carbocycles. The van der Waals surface area contributed by atoms with Crippen LogP contribution in [0.2, 0.25) is 0 Å². The lowest BCUT2D eigenvalue weighted by atomic mass is 10.1. The zero-order chi connectivity index (χ0) is 10.1. The normalized spacial score (nSPS) is 10.4. The largest absolute Gasteiger partial charge is 0.381 e. The predicted molar refractivity (Wildman–Crippen MR) is 51.0 cm³/mol. The Kier molecular flexibility index (Phi) is 1.96. The Bertz CT molecular complexity index is 465. The molecule has 0 atom stereocenters. The molecule has 0 fully saturated rings. The van der Waals surface area contributed by atoms with Crippen LogP contribution in [0.1, 0.15) is 5.56 Å². The minimum Gasteiger partial charge on any atom is -0.381 e. The van der Waals surface area contributed by atoms with Crippen molar-refractivity contribution in [1.82, 2.24) is 5.16 Å². The fourth-order valence-corrected chi connectivity index (χ4v) is 1.29. The van der Waals surface area contributed by atoms with Gasteiger partial charge in [-0.2, -0.15) is 0 Å². The van der Waals surface area contributed by atoms with E-state index in [1.54, 1.807) is 25.1 Å². The molecule has 0 bridgehead atoms. The fourth-order valence-electron chi connectivity index (χ4n) is 1.29. The molecule has 2 rings (SSSR count). The highest BCUT2D eigenvalue weighted by Gasteiger charge is 2.09. The number of nitrogens with zero attached hydrogens (tertiary/aromatic N) is 1. The Morgan fingerprint density at radius 1 is 1.43 bits per heavy atom. The van der Waals surface area contributed by atoms with Crippen LogP contribution in [0.5, 0.6) is 0 Å². The van der Waals surface area contributed by atoms with Crippen LogP contribution in [0, 0.1) is 12.7 Å². The van der Waals surface area contributed by atoms with Crippen LogP contribution in [0.4, 0.5) is 10.2 Å². The molecule has 0 saturated carbocycles. The van der Waals surface area contributed by atoms with Gasteiger partial charge in [-0.1, -0.05) is 17.3 Å². The molecule has 0 saturated heterocycles.